The van der Waals surface area contributed by atoms with E-state index in [9.17, 15) is 14.7 Å². The molecular formula is C11H12O4. The first-order chi connectivity index (χ1) is 6.99. The molecule has 0 saturated heterocycles. The van der Waals surface area contributed by atoms with Crippen LogP contribution in [-0.4, -0.2) is 10.9 Å². The number of hydrogen-bond donors (Lipinski definition) is 1. The third-order valence-electron chi connectivity index (χ3n) is 2.10. The molecule has 0 radical (unpaired) electrons. The van der Waals surface area contributed by atoms with E-state index < -0.39 is 11.4 Å². The third kappa shape index (κ3) is 1.98. The van der Waals surface area contributed by atoms with Crippen LogP contribution in [0, 0.1) is 6.92 Å². The number of aromatic hydroxyl groups is 1. The van der Waals surface area contributed by atoms with Gasteiger partial charge in [0.2, 0.25) is 0 Å². The standard InChI is InChI=1S/C11H12O4/c1-4-5-8-7(3)15-11(14)9(6(2)12)10(8)13/h4,13H,1,5H2,2-3H3. The number of ketones is 1. The van der Waals surface area contributed by atoms with Gasteiger partial charge in [0.05, 0.1) is 0 Å². The van der Waals surface area contributed by atoms with Crippen LogP contribution in [0.4, 0.5) is 0 Å². The van der Waals surface area contributed by atoms with Gasteiger partial charge in [-0.25, -0.2) is 4.79 Å². The molecule has 0 aliphatic rings. The van der Waals surface area contributed by atoms with E-state index in [-0.39, 0.29) is 11.3 Å². The van der Waals surface area contributed by atoms with Gasteiger partial charge in [0.15, 0.2) is 5.78 Å². The normalized spacial score (nSPS) is 10.0. The molecule has 4 heteroatoms. The predicted molar refractivity (Wildman–Crippen MR) is 55.3 cm³/mol. The van der Waals surface area contributed by atoms with Crippen molar-refractivity contribution >= 4 is 5.78 Å². The summed E-state index contributed by atoms with van der Waals surface area (Å²) >= 11 is 0. The highest BCUT2D eigenvalue weighted by Gasteiger charge is 2.19. The molecule has 0 atom stereocenters. The minimum atomic E-state index is -0.801. The number of carbonyl (C=O) groups excluding carboxylic acids is 1. The molecule has 1 aromatic rings. The lowest BCUT2D eigenvalue weighted by molar-refractivity contribution is 0.101. The minimum absolute atomic E-state index is 0.294. The van der Waals surface area contributed by atoms with E-state index in [1.165, 1.54) is 6.92 Å². The van der Waals surface area contributed by atoms with Crippen molar-refractivity contribution < 1.29 is 14.3 Å². The summed E-state index contributed by atoms with van der Waals surface area (Å²) < 4.78 is 4.85. The van der Waals surface area contributed by atoms with Crippen molar-refractivity contribution in [3.63, 3.8) is 0 Å². The van der Waals surface area contributed by atoms with Crippen molar-refractivity contribution in [2.75, 3.05) is 0 Å². The zero-order valence-corrected chi connectivity index (χ0v) is 8.66. The third-order valence-corrected chi connectivity index (χ3v) is 2.10. The average molecular weight is 208 g/mol. The van der Waals surface area contributed by atoms with Gasteiger partial charge in [-0.15, -0.1) is 6.58 Å². The lowest BCUT2D eigenvalue weighted by atomic mass is 10.1. The highest BCUT2D eigenvalue weighted by molar-refractivity contribution is 5.96. The number of aryl methyl sites for hydroxylation is 1. The van der Waals surface area contributed by atoms with Crippen molar-refractivity contribution in [3.05, 3.63) is 40.0 Å². The van der Waals surface area contributed by atoms with Gasteiger partial charge in [-0.3, -0.25) is 4.79 Å². The summed E-state index contributed by atoms with van der Waals surface area (Å²) in [4.78, 5) is 22.4. The summed E-state index contributed by atoms with van der Waals surface area (Å²) in [5.74, 6) is -0.495. The maximum atomic E-state index is 11.3. The molecule has 0 unspecified atom stereocenters. The Balaban J connectivity index is 3.55. The van der Waals surface area contributed by atoms with Crippen LogP contribution in [0.2, 0.25) is 0 Å². The topological polar surface area (TPSA) is 67.5 Å². The van der Waals surface area contributed by atoms with Gasteiger partial charge in [-0.2, -0.15) is 0 Å². The van der Waals surface area contributed by atoms with Gasteiger partial charge in [0, 0.05) is 5.56 Å². The van der Waals surface area contributed by atoms with Crippen molar-refractivity contribution in [1.82, 2.24) is 0 Å². The summed E-state index contributed by atoms with van der Waals surface area (Å²) in [5.41, 5.74) is -0.669. The average Bonchev–Trinajstić information content (AvgIpc) is 2.11. The second kappa shape index (κ2) is 4.13. The van der Waals surface area contributed by atoms with Crippen molar-refractivity contribution in [3.8, 4) is 5.75 Å². The van der Waals surface area contributed by atoms with Crippen LogP contribution in [0.5, 0.6) is 5.75 Å². The molecule has 0 aliphatic carbocycles. The van der Waals surface area contributed by atoms with Gasteiger partial charge in [0.25, 0.3) is 0 Å². The van der Waals surface area contributed by atoms with Crippen molar-refractivity contribution in [1.29, 1.82) is 0 Å². The minimum Gasteiger partial charge on any atom is -0.506 e. The molecule has 15 heavy (non-hydrogen) atoms. The summed E-state index contributed by atoms with van der Waals surface area (Å²) in [7, 11) is 0. The zero-order chi connectivity index (χ0) is 11.6. The molecule has 1 heterocycles. The van der Waals surface area contributed by atoms with Gasteiger partial charge in [-0.05, 0) is 20.3 Å². The van der Waals surface area contributed by atoms with Crippen LogP contribution < -0.4 is 5.63 Å². The van der Waals surface area contributed by atoms with Gasteiger partial charge >= 0.3 is 5.63 Å². The van der Waals surface area contributed by atoms with Crippen LogP contribution in [0.3, 0.4) is 0 Å². The molecule has 80 valence electrons. The Bertz CT molecular complexity index is 468. The maximum Gasteiger partial charge on any atom is 0.350 e. The zero-order valence-electron chi connectivity index (χ0n) is 8.66. The van der Waals surface area contributed by atoms with E-state index >= 15 is 0 Å². The Kier molecular flexibility index (Phi) is 3.09. The number of rotatable bonds is 3. The maximum absolute atomic E-state index is 11.3. The molecule has 1 aromatic heterocycles. The quantitative estimate of drug-likeness (QED) is 0.605. The molecular weight excluding hydrogens is 196 g/mol. The first kappa shape index (κ1) is 11.2. The Morgan fingerprint density at radius 2 is 2.20 bits per heavy atom. The van der Waals surface area contributed by atoms with Crippen LogP contribution in [0.15, 0.2) is 21.9 Å². The molecule has 4 nitrogen and oxygen atoms in total. The molecule has 0 aromatic carbocycles. The number of allylic oxidation sites excluding steroid dienone is 1. The first-order valence-corrected chi connectivity index (χ1v) is 4.46. The highest BCUT2D eigenvalue weighted by Crippen LogP contribution is 2.23. The Morgan fingerprint density at radius 3 is 2.67 bits per heavy atom. The van der Waals surface area contributed by atoms with Crippen LogP contribution >= 0.6 is 0 Å². The fourth-order valence-electron chi connectivity index (χ4n) is 1.36. The van der Waals surface area contributed by atoms with Gasteiger partial charge in [0.1, 0.15) is 17.1 Å². The van der Waals surface area contributed by atoms with E-state index in [4.69, 9.17) is 4.42 Å². The Hall–Kier alpha value is -1.84. The Labute approximate surface area is 86.9 Å². The van der Waals surface area contributed by atoms with E-state index in [2.05, 4.69) is 6.58 Å². The SMILES string of the molecule is C=CCc1c(C)oc(=O)c(C(C)=O)c1O. The lowest BCUT2D eigenvalue weighted by Gasteiger charge is -2.07. The summed E-state index contributed by atoms with van der Waals surface area (Å²) in [6, 6.07) is 0. The molecule has 0 saturated carbocycles. The smallest absolute Gasteiger partial charge is 0.350 e. The first-order valence-electron chi connectivity index (χ1n) is 4.46. The predicted octanol–water partition coefficient (Wildman–Crippen LogP) is 1.58. The number of carbonyl (C=O) groups is 1. The molecule has 1 N–H and O–H groups in total. The lowest BCUT2D eigenvalue weighted by Crippen LogP contribution is -2.14. The highest BCUT2D eigenvalue weighted by atomic mass is 16.4. The molecule has 0 bridgehead atoms. The second-order valence-electron chi connectivity index (χ2n) is 3.20. The molecule has 0 spiro atoms. The van der Waals surface area contributed by atoms with Gasteiger partial charge in [-0.1, -0.05) is 6.08 Å². The second-order valence-corrected chi connectivity index (χ2v) is 3.20. The number of Topliss-reactive ketones (excluding diaryl/α,β-unsaturated/α-hetero) is 1. The Morgan fingerprint density at radius 1 is 1.60 bits per heavy atom. The summed E-state index contributed by atoms with van der Waals surface area (Å²) in [6.07, 6.45) is 1.91. The van der Waals surface area contributed by atoms with Gasteiger partial charge < -0.3 is 9.52 Å². The fourth-order valence-corrected chi connectivity index (χ4v) is 1.36. The monoisotopic (exact) mass is 208 g/mol. The van der Waals surface area contributed by atoms with E-state index in [1.807, 2.05) is 0 Å². The molecule has 0 fully saturated rings. The summed E-state index contributed by atoms with van der Waals surface area (Å²) in [6.45, 7) is 6.29. The van der Waals surface area contributed by atoms with E-state index in [1.54, 1.807) is 13.0 Å². The fraction of sp³-hybridized carbons (Fsp3) is 0.273. The van der Waals surface area contributed by atoms with E-state index in [0.29, 0.717) is 17.7 Å². The van der Waals surface area contributed by atoms with E-state index in [0.717, 1.165) is 0 Å². The van der Waals surface area contributed by atoms with Crippen LogP contribution in [0.1, 0.15) is 28.6 Å². The largest absolute Gasteiger partial charge is 0.506 e. The van der Waals surface area contributed by atoms with Crippen LogP contribution in [-0.2, 0) is 6.42 Å². The molecule has 1 rings (SSSR count). The van der Waals surface area contributed by atoms with Crippen molar-refractivity contribution in [2.45, 2.75) is 20.3 Å². The number of hydrogen-bond acceptors (Lipinski definition) is 4. The molecule has 0 aliphatic heterocycles. The molecule has 0 amide bonds. The van der Waals surface area contributed by atoms with Crippen molar-refractivity contribution in [2.24, 2.45) is 0 Å². The van der Waals surface area contributed by atoms with Crippen LogP contribution in [0.25, 0.3) is 0 Å². The summed E-state index contributed by atoms with van der Waals surface area (Å²) in [5, 5.41) is 9.72.